The fourth-order valence-corrected chi connectivity index (χ4v) is 2.85. The molecule has 0 fully saturated rings. The Morgan fingerprint density at radius 1 is 1.26 bits per heavy atom. The van der Waals surface area contributed by atoms with E-state index < -0.39 is 5.60 Å². The lowest BCUT2D eigenvalue weighted by atomic mass is 10.0. The van der Waals surface area contributed by atoms with Crippen molar-refractivity contribution in [1.29, 1.82) is 0 Å². The molecule has 1 aromatic rings. The number of hydrogen-bond acceptors (Lipinski definition) is 2. The predicted octanol–water partition coefficient (Wildman–Crippen LogP) is 3.78. The van der Waals surface area contributed by atoms with Crippen molar-refractivity contribution >= 4 is 22.0 Å². The monoisotopic (exact) mass is 325 g/mol. The summed E-state index contributed by atoms with van der Waals surface area (Å²) >= 11 is 3.59. The highest BCUT2D eigenvalue weighted by Crippen LogP contribution is 2.25. The van der Waals surface area contributed by atoms with Crippen molar-refractivity contribution in [2.75, 3.05) is 13.1 Å². The van der Waals surface area contributed by atoms with Crippen LogP contribution in [0.1, 0.15) is 31.9 Å². The SMILES string of the molecule is CC(C)(C)OC(=O)N1CCc2cccc(Br)c2CC1. The van der Waals surface area contributed by atoms with Crippen molar-refractivity contribution in [2.24, 2.45) is 0 Å². The second-order valence-electron chi connectivity index (χ2n) is 5.84. The van der Waals surface area contributed by atoms with Crippen molar-refractivity contribution in [3.63, 3.8) is 0 Å². The van der Waals surface area contributed by atoms with Crippen molar-refractivity contribution < 1.29 is 9.53 Å². The fourth-order valence-electron chi connectivity index (χ4n) is 2.24. The number of benzene rings is 1. The van der Waals surface area contributed by atoms with Crippen LogP contribution in [0.5, 0.6) is 0 Å². The number of nitrogens with zero attached hydrogens (tertiary/aromatic N) is 1. The van der Waals surface area contributed by atoms with E-state index in [0.29, 0.717) is 6.54 Å². The zero-order valence-corrected chi connectivity index (χ0v) is 13.3. The van der Waals surface area contributed by atoms with E-state index in [2.05, 4.69) is 28.1 Å². The second kappa shape index (κ2) is 5.53. The molecule has 0 saturated carbocycles. The molecule has 1 heterocycles. The van der Waals surface area contributed by atoms with Crippen molar-refractivity contribution in [3.8, 4) is 0 Å². The van der Waals surface area contributed by atoms with Gasteiger partial charge in [0.2, 0.25) is 0 Å². The van der Waals surface area contributed by atoms with Gasteiger partial charge < -0.3 is 9.64 Å². The van der Waals surface area contributed by atoms with E-state index in [-0.39, 0.29) is 6.09 Å². The lowest BCUT2D eigenvalue weighted by molar-refractivity contribution is 0.0258. The van der Waals surface area contributed by atoms with Gasteiger partial charge >= 0.3 is 6.09 Å². The van der Waals surface area contributed by atoms with E-state index in [1.807, 2.05) is 26.8 Å². The van der Waals surface area contributed by atoms with Gasteiger partial charge in [-0.25, -0.2) is 4.79 Å². The molecule has 0 N–H and O–H groups in total. The minimum atomic E-state index is -0.434. The largest absolute Gasteiger partial charge is 0.444 e. The smallest absolute Gasteiger partial charge is 0.410 e. The average Bonchev–Trinajstić information content (AvgIpc) is 2.50. The van der Waals surface area contributed by atoms with Gasteiger partial charge in [0.15, 0.2) is 0 Å². The molecule has 19 heavy (non-hydrogen) atoms. The highest BCUT2D eigenvalue weighted by molar-refractivity contribution is 9.10. The van der Waals surface area contributed by atoms with Crippen LogP contribution in [0.3, 0.4) is 0 Å². The number of carbonyl (C=O) groups excluding carboxylic acids is 1. The van der Waals surface area contributed by atoms with E-state index >= 15 is 0 Å². The Balaban J connectivity index is 2.08. The maximum Gasteiger partial charge on any atom is 0.410 e. The molecule has 0 radical (unpaired) electrons. The first kappa shape index (κ1) is 14.4. The summed E-state index contributed by atoms with van der Waals surface area (Å²) < 4.78 is 6.57. The molecular weight excluding hydrogens is 306 g/mol. The van der Waals surface area contributed by atoms with E-state index in [4.69, 9.17) is 4.74 Å². The van der Waals surface area contributed by atoms with E-state index in [9.17, 15) is 4.79 Å². The number of hydrogen-bond donors (Lipinski definition) is 0. The lowest BCUT2D eigenvalue weighted by Gasteiger charge is -2.26. The number of carbonyl (C=O) groups is 1. The van der Waals surface area contributed by atoms with Crippen molar-refractivity contribution in [3.05, 3.63) is 33.8 Å². The van der Waals surface area contributed by atoms with Crippen LogP contribution in [-0.4, -0.2) is 29.7 Å². The number of rotatable bonds is 0. The van der Waals surface area contributed by atoms with E-state index in [1.54, 1.807) is 4.90 Å². The fraction of sp³-hybridized carbons (Fsp3) is 0.533. The first-order valence-corrected chi connectivity index (χ1v) is 7.40. The van der Waals surface area contributed by atoms with Crippen molar-refractivity contribution in [1.82, 2.24) is 4.90 Å². The molecule has 0 bridgehead atoms. The third-order valence-corrected chi connectivity index (χ3v) is 3.89. The number of halogens is 1. The Hall–Kier alpha value is -1.03. The van der Waals surface area contributed by atoms with Crippen LogP contribution in [0.25, 0.3) is 0 Å². The average molecular weight is 326 g/mol. The van der Waals surface area contributed by atoms with Gasteiger partial charge in [0.25, 0.3) is 0 Å². The Bertz CT molecular complexity index is 480. The standard InChI is InChI=1S/C15H20BrNO2/c1-15(2,3)19-14(18)17-9-7-11-5-4-6-13(16)12(11)8-10-17/h4-6H,7-10H2,1-3H3. The van der Waals surface area contributed by atoms with Crippen LogP contribution in [0.4, 0.5) is 4.79 Å². The molecule has 104 valence electrons. The third-order valence-electron chi connectivity index (χ3n) is 3.15. The number of fused-ring (bicyclic) bond motifs is 1. The lowest BCUT2D eigenvalue weighted by Crippen LogP contribution is -2.38. The maximum atomic E-state index is 12.1. The van der Waals surface area contributed by atoms with Gasteiger partial charge in [-0.2, -0.15) is 0 Å². The van der Waals surface area contributed by atoms with Gasteiger partial charge in [0.05, 0.1) is 0 Å². The molecule has 0 aliphatic carbocycles. The van der Waals surface area contributed by atoms with Crippen LogP contribution in [0, 0.1) is 0 Å². The topological polar surface area (TPSA) is 29.5 Å². The third kappa shape index (κ3) is 3.72. The molecule has 0 aromatic heterocycles. The van der Waals surface area contributed by atoms with Crippen molar-refractivity contribution in [2.45, 2.75) is 39.2 Å². The second-order valence-corrected chi connectivity index (χ2v) is 6.70. The summed E-state index contributed by atoms with van der Waals surface area (Å²) in [6.45, 7) is 7.12. The Kier molecular flexibility index (Phi) is 4.19. The molecular formula is C15H20BrNO2. The zero-order valence-electron chi connectivity index (χ0n) is 11.7. The van der Waals surface area contributed by atoms with Gasteiger partial charge in [0, 0.05) is 17.6 Å². The quantitative estimate of drug-likeness (QED) is 0.726. The maximum absolute atomic E-state index is 12.1. The van der Waals surface area contributed by atoms with E-state index in [0.717, 1.165) is 23.9 Å². The van der Waals surface area contributed by atoms with Crippen LogP contribution < -0.4 is 0 Å². The normalized spacial score (nSPS) is 15.7. The zero-order chi connectivity index (χ0) is 14.0. The van der Waals surface area contributed by atoms with Gasteiger partial charge in [-0.1, -0.05) is 28.1 Å². The molecule has 0 saturated heterocycles. The Labute approximate surface area is 123 Å². The van der Waals surface area contributed by atoms with Crippen LogP contribution in [0.2, 0.25) is 0 Å². The summed E-state index contributed by atoms with van der Waals surface area (Å²) in [5, 5.41) is 0. The minimum Gasteiger partial charge on any atom is -0.444 e. The molecule has 2 rings (SSSR count). The van der Waals surface area contributed by atoms with Gasteiger partial charge in [0.1, 0.15) is 5.60 Å². The number of amides is 1. The Morgan fingerprint density at radius 2 is 1.95 bits per heavy atom. The molecule has 0 unspecified atom stereocenters. The molecule has 1 aromatic carbocycles. The molecule has 1 aliphatic rings. The highest BCUT2D eigenvalue weighted by atomic mass is 79.9. The summed E-state index contributed by atoms with van der Waals surface area (Å²) in [4.78, 5) is 13.9. The summed E-state index contributed by atoms with van der Waals surface area (Å²) in [6, 6.07) is 6.24. The van der Waals surface area contributed by atoms with Crippen LogP contribution in [0.15, 0.2) is 22.7 Å². The molecule has 1 aliphatic heterocycles. The highest BCUT2D eigenvalue weighted by Gasteiger charge is 2.24. The van der Waals surface area contributed by atoms with Gasteiger partial charge in [-0.3, -0.25) is 0 Å². The van der Waals surface area contributed by atoms with Gasteiger partial charge in [-0.05, 0) is 50.8 Å². The summed E-state index contributed by atoms with van der Waals surface area (Å²) in [6.07, 6.45) is 1.54. The molecule has 3 nitrogen and oxygen atoms in total. The first-order chi connectivity index (χ1) is 8.87. The molecule has 1 amide bonds. The molecule has 0 spiro atoms. The number of ether oxygens (including phenoxy) is 1. The summed E-state index contributed by atoms with van der Waals surface area (Å²) in [5.41, 5.74) is 2.20. The first-order valence-electron chi connectivity index (χ1n) is 6.61. The molecule has 4 heteroatoms. The molecule has 0 atom stereocenters. The summed E-state index contributed by atoms with van der Waals surface area (Å²) in [7, 11) is 0. The Morgan fingerprint density at radius 3 is 2.63 bits per heavy atom. The van der Waals surface area contributed by atoms with Gasteiger partial charge in [-0.15, -0.1) is 0 Å². The van der Waals surface area contributed by atoms with Crippen LogP contribution >= 0.6 is 15.9 Å². The predicted molar refractivity (Wildman–Crippen MR) is 79.4 cm³/mol. The van der Waals surface area contributed by atoms with Crippen LogP contribution in [-0.2, 0) is 17.6 Å². The van der Waals surface area contributed by atoms with E-state index in [1.165, 1.54) is 11.1 Å². The summed E-state index contributed by atoms with van der Waals surface area (Å²) in [5.74, 6) is 0. The minimum absolute atomic E-state index is 0.212.